The molecule has 0 aliphatic rings. The Morgan fingerprint density at radius 1 is 1.14 bits per heavy atom. The Kier molecular flexibility index (Phi) is 5.84. The Labute approximate surface area is 162 Å². The normalized spacial score (nSPS) is 11.1. The zero-order chi connectivity index (χ0) is 20.1. The maximum Gasteiger partial charge on any atom is 0.573 e. The van der Waals surface area contributed by atoms with Crippen LogP contribution >= 0.6 is 11.3 Å². The standard InChI is InChI=1S/C19H15F3N2O3S/c1-26-16-5-3-2-4-15(16)24-17(25)10-13-11-28-18(23-13)12-6-8-14(9-7-12)27-19(20,21)22/h2-9,11H,10H2,1H3,(H,24,25). The number of alkyl halides is 3. The summed E-state index contributed by atoms with van der Waals surface area (Å²) in [5.41, 5.74) is 1.75. The van der Waals surface area contributed by atoms with Gasteiger partial charge in [-0.1, -0.05) is 12.1 Å². The van der Waals surface area contributed by atoms with Crippen LogP contribution in [0.15, 0.2) is 53.9 Å². The van der Waals surface area contributed by atoms with E-state index >= 15 is 0 Å². The number of nitrogens with zero attached hydrogens (tertiary/aromatic N) is 1. The SMILES string of the molecule is COc1ccccc1NC(=O)Cc1csc(-c2ccc(OC(F)(F)F)cc2)n1. The van der Waals surface area contributed by atoms with Crippen LogP contribution < -0.4 is 14.8 Å². The molecule has 0 atom stereocenters. The lowest BCUT2D eigenvalue weighted by Gasteiger charge is -2.09. The minimum absolute atomic E-state index is 0.0593. The summed E-state index contributed by atoms with van der Waals surface area (Å²) in [4.78, 5) is 16.6. The minimum atomic E-state index is -4.73. The third-order valence-electron chi connectivity index (χ3n) is 3.61. The average molecular weight is 408 g/mol. The van der Waals surface area contributed by atoms with Crippen molar-refractivity contribution in [3.05, 3.63) is 59.6 Å². The number of rotatable bonds is 6. The van der Waals surface area contributed by atoms with Gasteiger partial charge in [-0.05, 0) is 36.4 Å². The number of anilines is 1. The molecule has 1 N–H and O–H groups in total. The number of methoxy groups -OCH3 is 1. The first-order valence-electron chi connectivity index (χ1n) is 8.07. The average Bonchev–Trinajstić information content (AvgIpc) is 3.09. The number of hydrogen-bond donors (Lipinski definition) is 1. The minimum Gasteiger partial charge on any atom is -0.495 e. The Morgan fingerprint density at radius 3 is 2.54 bits per heavy atom. The lowest BCUT2D eigenvalue weighted by atomic mass is 10.2. The fourth-order valence-electron chi connectivity index (χ4n) is 2.43. The maximum absolute atomic E-state index is 12.2. The molecule has 0 aliphatic carbocycles. The summed E-state index contributed by atoms with van der Waals surface area (Å²) < 4.78 is 45.7. The molecule has 3 aromatic rings. The molecule has 0 spiro atoms. The lowest BCUT2D eigenvalue weighted by Crippen LogP contribution is -2.16. The fraction of sp³-hybridized carbons (Fsp3) is 0.158. The Morgan fingerprint density at radius 2 is 1.86 bits per heavy atom. The van der Waals surface area contributed by atoms with Crippen molar-refractivity contribution in [2.75, 3.05) is 12.4 Å². The quantitative estimate of drug-likeness (QED) is 0.630. The number of para-hydroxylation sites is 2. The second-order valence-electron chi connectivity index (χ2n) is 5.64. The number of hydrogen-bond acceptors (Lipinski definition) is 5. The van der Waals surface area contributed by atoms with Crippen LogP contribution in [0.4, 0.5) is 18.9 Å². The van der Waals surface area contributed by atoms with Crippen molar-refractivity contribution in [2.24, 2.45) is 0 Å². The first-order chi connectivity index (χ1) is 13.3. The van der Waals surface area contributed by atoms with Gasteiger partial charge in [0.1, 0.15) is 16.5 Å². The highest BCUT2D eigenvalue weighted by Crippen LogP contribution is 2.29. The van der Waals surface area contributed by atoms with Gasteiger partial charge in [0.25, 0.3) is 0 Å². The monoisotopic (exact) mass is 408 g/mol. The number of halogens is 3. The number of amides is 1. The molecular formula is C19H15F3N2O3S. The van der Waals surface area contributed by atoms with Gasteiger partial charge in [-0.2, -0.15) is 0 Å². The Hall–Kier alpha value is -3.07. The highest BCUT2D eigenvalue weighted by Gasteiger charge is 2.31. The molecule has 28 heavy (non-hydrogen) atoms. The summed E-state index contributed by atoms with van der Waals surface area (Å²) in [6.07, 6.45) is -4.67. The first-order valence-corrected chi connectivity index (χ1v) is 8.95. The van der Waals surface area contributed by atoms with Gasteiger partial charge in [0.05, 0.1) is 24.9 Å². The van der Waals surface area contributed by atoms with E-state index in [1.165, 1.54) is 42.7 Å². The van der Waals surface area contributed by atoms with E-state index in [0.717, 1.165) is 0 Å². The van der Waals surface area contributed by atoms with Crippen molar-refractivity contribution in [3.8, 4) is 22.1 Å². The van der Waals surface area contributed by atoms with Gasteiger partial charge in [-0.3, -0.25) is 4.79 Å². The van der Waals surface area contributed by atoms with Crippen molar-refractivity contribution < 1.29 is 27.4 Å². The molecule has 0 saturated heterocycles. The predicted octanol–water partition coefficient (Wildman–Crippen LogP) is 4.90. The molecule has 146 valence electrons. The second-order valence-corrected chi connectivity index (χ2v) is 6.50. The maximum atomic E-state index is 12.2. The molecule has 3 rings (SSSR count). The van der Waals surface area contributed by atoms with Crippen LogP contribution in [-0.2, 0) is 11.2 Å². The van der Waals surface area contributed by atoms with Gasteiger partial charge in [0.15, 0.2) is 0 Å². The van der Waals surface area contributed by atoms with Gasteiger partial charge >= 0.3 is 6.36 Å². The van der Waals surface area contributed by atoms with Gasteiger partial charge in [0, 0.05) is 10.9 Å². The molecule has 0 bridgehead atoms. The smallest absolute Gasteiger partial charge is 0.495 e. The molecule has 0 aliphatic heterocycles. The summed E-state index contributed by atoms with van der Waals surface area (Å²) in [6.45, 7) is 0. The first kappa shape index (κ1) is 19.7. The van der Waals surface area contributed by atoms with E-state index in [4.69, 9.17) is 4.74 Å². The van der Waals surface area contributed by atoms with Crippen molar-refractivity contribution in [3.63, 3.8) is 0 Å². The molecule has 1 amide bonds. The molecule has 0 unspecified atom stereocenters. The van der Waals surface area contributed by atoms with Crippen LogP contribution in [0, 0.1) is 0 Å². The van der Waals surface area contributed by atoms with E-state index in [-0.39, 0.29) is 18.1 Å². The molecule has 0 saturated carbocycles. The van der Waals surface area contributed by atoms with E-state index in [1.54, 1.807) is 29.6 Å². The summed E-state index contributed by atoms with van der Waals surface area (Å²) in [6, 6.07) is 12.5. The van der Waals surface area contributed by atoms with Gasteiger partial charge < -0.3 is 14.8 Å². The van der Waals surface area contributed by atoms with Crippen LogP contribution in [0.3, 0.4) is 0 Å². The number of benzene rings is 2. The van der Waals surface area contributed by atoms with Crippen LogP contribution in [-0.4, -0.2) is 24.4 Å². The third kappa shape index (κ3) is 5.23. The van der Waals surface area contributed by atoms with Crippen molar-refractivity contribution >= 4 is 22.9 Å². The molecule has 9 heteroatoms. The second kappa shape index (κ2) is 8.30. The summed E-state index contributed by atoms with van der Waals surface area (Å²) in [5, 5.41) is 5.10. The van der Waals surface area contributed by atoms with Gasteiger partial charge in [0.2, 0.25) is 5.91 Å². The van der Waals surface area contributed by atoms with Crippen molar-refractivity contribution in [2.45, 2.75) is 12.8 Å². The van der Waals surface area contributed by atoms with E-state index in [2.05, 4.69) is 15.0 Å². The molecule has 2 aromatic carbocycles. The number of ether oxygens (including phenoxy) is 2. The van der Waals surface area contributed by atoms with E-state index < -0.39 is 6.36 Å². The van der Waals surface area contributed by atoms with E-state index in [1.807, 2.05) is 0 Å². The van der Waals surface area contributed by atoms with E-state index in [0.29, 0.717) is 27.7 Å². The van der Waals surface area contributed by atoms with Crippen LogP contribution in [0.2, 0.25) is 0 Å². The zero-order valence-electron chi connectivity index (χ0n) is 14.6. The zero-order valence-corrected chi connectivity index (χ0v) is 15.4. The number of carbonyl (C=O) groups is 1. The largest absolute Gasteiger partial charge is 0.573 e. The Bertz CT molecular complexity index is 956. The lowest BCUT2D eigenvalue weighted by molar-refractivity contribution is -0.274. The third-order valence-corrected chi connectivity index (χ3v) is 4.55. The molecule has 1 heterocycles. The van der Waals surface area contributed by atoms with Crippen LogP contribution in [0.25, 0.3) is 10.6 Å². The van der Waals surface area contributed by atoms with Crippen molar-refractivity contribution in [1.29, 1.82) is 0 Å². The molecule has 0 fully saturated rings. The topological polar surface area (TPSA) is 60.5 Å². The van der Waals surface area contributed by atoms with Crippen LogP contribution in [0.1, 0.15) is 5.69 Å². The Balaban J connectivity index is 1.64. The number of nitrogens with one attached hydrogen (secondary N) is 1. The molecular weight excluding hydrogens is 393 g/mol. The highest BCUT2D eigenvalue weighted by atomic mass is 32.1. The van der Waals surface area contributed by atoms with Gasteiger partial charge in [-0.15, -0.1) is 24.5 Å². The number of thiazole rings is 1. The number of carbonyl (C=O) groups excluding carboxylic acids is 1. The summed E-state index contributed by atoms with van der Waals surface area (Å²) in [7, 11) is 1.52. The van der Waals surface area contributed by atoms with Gasteiger partial charge in [-0.25, -0.2) is 4.98 Å². The fourth-order valence-corrected chi connectivity index (χ4v) is 3.25. The van der Waals surface area contributed by atoms with E-state index in [9.17, 15) is 18.0 Å². The summed E-state index contributed by atoms with van der Waals surface area (Å²) >= 11 is 1.30. The number of aromatic nitrogens is 1. The molecule has 1 aromatic heterocycles. The summed E-state index contributed by atoms with van der Waals surface area (Å²) in [5.74, 6) is -0.00419. The molecule has 5 nitrogen and oxygen atoms in total. The predicted molar refractivity (Wildman–Crippen MR) is 99.6 cm³/mol. The van der Waals surface area contributed by atoms with Crippen molar-refractivity contribution in [1.82, 2.24) is 4.98 Å². The molecule has 0 radical (unpaired) electrons. The van der Waals surface area contributed by atoms with Crippen LogP contribution in [0.5, 0.6) is 11.5 Å². The highest BCUT2D eigenvalue weighted by molar-refractivity contribution is 7.13.